The van der Waals surface area contributed by atoms with Crippen LogP contribution in [0.5, 0.6) is 0 Å². The van der Waals surface area contributed by atoms with Crippen LogP contribution in [0.3, 0.4) is 0 Å². The monoisotopic (exact) mass is 502 g/mol. The molecule has 0 bridgehead atoms. The summed E-state index contributed by atoms with van der Waals surface area (Å²) in [5.74, 6) is -0.496. The Morgan fingerprint density at radius 2 is 1.63 bits per heavy atom. The fraction of sp³-hybridized carbons (Fsp3) is 0.161. The first-order chi connectivity index (χ1) is 18.5. The molecule has 7 nitrogen and oxygen atoms in total. The first-order valence-corrected chi connectivity index (χ1v) is 12.8. The average molecular weight is 503 g/mol. The van der Waals surface area contributed by atoms with Crippen molar-refractivity contribution < 1.29 is 14.0 Å². The van der Waals surface area contributed by atoms with Crippen LogP contribution in [-0.2, 0) is 0 Å². The zero-order valence-corrected chi connectivity index (χ0v) is 21.0. The van der Waals surface area contributed by atoms with E-state index in [0.29, 0.717) is 29.7 Å². The maximum atomic E-state index is 13.3. The van der Waals surface area contributed by atoms with Gasteiger partial charge in [-0.3, -0.25) is 9.59 Å². The minimum Gasteiger partial charge on any atom is -0.455 e. The number of hydrogen-bond donors (Lipinski definition) is 2. The Morgan fingerprint density at radius 3 is 2.45 bits per heavy atom. The third kappa shape index (κ3) is 3.39. The number of benzene rings is 4. The van der Waals surface area contributed by atoms with E-state index in [4.69, 9.17) is 10.2 Å². The predicted octanol–water partition coefficient (Wildman–Crippen LogP) is 5.37. The lowest BCUT2D eigenvalue weighted by Gasteiger charge is -2.32. The number of aromatic amines is 1. The molecule has 0 unspecified atom stereocenters. The number of likely N-dealkylation sites (N-methyl/N-ethyl adjacent to an activating group) is 1. The SMILES string of the molecule is CN1CCN(C(=O)c2ccc3c(c2)[nH]c2c(C(N)=O)ccc(-c4cccc5c4oc4ccccc45)c23)CC1. The molecule has 7 rings (SSSR count). The lowest BCUT2D eigenvalue weighted by Crippen LogP contribution is -2.47. The van der Waals surface area contributed by atoms with E-state index in [1.54, 1.807) is 6.07 Å². The average Bonchev–Trinajstić information content (AvgIpc) is 3.51. The van der Waals surface area contributed by atoms with E-state index in [-0.39, 0.29) is 5.91 Å². The van der Waals surface area contributed by atoms with E-state index >= 15 is 0 Å². The molecule has 6 aromatic rings. The summed E-state index contributed by atoms with van der Waals surface area (Å²) >= 11 is 0. The number of primary amides is 1. The van der Waals surface area contributed by atoms with E-state index in [2.05, 4.69) is 29.1 Å². The number of nitrogens with two attached hydrogens (primary N) is 1. The lowest BCUT2D eigenvalue weighted by molar-refractivity contribution is 0.0664. The number of nitrogens with one attached hydrogen (secondary N) is 1. The first kappa shape index (κ1) is 22.6. The first-order valence-electron chi connectivity index (χ1n) is 12.8. The van der Waals surface area contributed by atoms with Gasteiger partial charge in [-0.15, -0.1) is 0 Å². The summed E-state index contributed by atoms with van der Waals surface area (Å²) in [7, 11) is 2.07. The Hall–Kier alpha value is -4.62. The van der Waals surface area contributed by atoms with Crippen LogP contribution < -0.4 is 5.73 Å². The molecule has 1 fully saturated rings. The Kier molecular flexibility index (Phi) is 5.03. The zero-order valence-electron chi connectivity index (χ0n) is 21.0. The molecule has 3 N–H and O–H groups in total. The summed E-state index contributed by atoms with van der Waals surface area (Å²) < 4.78 is 6.32. The maximum Gasteiger partial charge on any atom is 0.254 e. The second kappa shape index (κ2) is 8.46. The summed E-state index contributed by atoms with van der Waals surface area (Å²) in [6.45, 7) is 3.13. The predicted molar refractivity (Wildman–Crippen MR) is 150 cm³/mol. The van der Waals surface area contributed by atoms with Crippen LogP contribution in [0.15, 0.2) is 77.2 Å². The molecule has 1 saturated heterocycles. The number of para-hydroxylation sites is 2. The third-order valence-corrected chi connectivity index (χ3v) is 7.75. The fourth-order valence-electron chi connectivity index (χ4n) is 5.73. The van der Waals surface area contributed by atoms with Gasteiger partial charge in [-0.2, -0.15) is 0 Å². The number of amides is 2. The summed E-state index contributed by atoms with van der Waals surface area (Å²) in [6.07, 6.45) is 0. The Labute approximate surface area is 218 Å². The van der Waals surface area contributed by atoms with E-state index in [9.17, 15) is 9.59 Å². The lowest BCUT2D eigenvalue weighted by atomic mass is 9.95. The molecule has 1 aliphatic rings. The molecule has 38 heavy (non-hydrogen) atoms. The van der Waals surface area contributed by atoms with Gasteiger partial charge in [0.15, 0.2) is 0 Å². The quantitative estimate of drug-likeness (QED) is 0.340. The van der Waals surface area contributed by atoms with Gasteiger partial charge in [-0.05, 0) is 36.9 Å². The highest BCUT2D eigenvalue weighted by molar-refractivity contribution is 6.22. The maximum absolute atomic E-state index is 13.3. The number of H-pyrrole nitrogens is 1. The number of piperazine rings is 1. The Balaban J connectivity index is 1.44. The second-order valence-electron chi connectivity index (χ2n) is 10.0. The van der Waals surface area contributed by atoms with Gasteiger partial charge in [0.2, 0.25) is 0 Å². The van der Waals surface area contributed by atoms with E-state index in [1.807, 2.05) is 59.5 Å². The van der Waals surface area contributed by atoms with Crippen LogP contribution >= 0.6 is 0 Å². The van der Waals surface area contributed by atoms with Crippen LogP contribution in [-0.4, -0.2) is 59.8 Å². The molecule has 1 aliphatic heterocycles. The normalized spacial score (nSPS) is 14.7. The van der Waals surface area contributed by atoms with Crippen molar-refractivity contribution in [1.29, 1.82) is 0 Å². The topological polar surface area (TPSA) is 95.6 Å². The number of aromatic nitrogens is 1. The molecule has 0 radical (unpaired) electrons. The smallest absolute Gasteiger partial charge is 0.254 e. The van der Waals surface area contributed by atoms with E-state index in [0.717, 1.165) is 62.4 Å². The molecule has 0 aliphatic carbocycles. The van der Waals surface area contributed by atoms with Crippen molar-refractivity contribution in [2.24, 2.45) is 5.73 Å². The molecule has 3 heterocycles. The van der Waals surface area contributed by atoms with E-state index in [1.165, 1.54) is 0 Å². The number of furan rings is 1. The Bertz CT molecular complexity index is 1910. The van der Waals surface area contributed by atoms with Crippen molar-refractivity contribution in [1.82, 2.24) is 14.8 Å². The van der Waals surface area contributed by atoms with Crippen molar-refractivity contribution in [2.75, 3.05) is 33.2 Å². The molecule has 0 atom stereocenters. The number of rotatable bonds is 3. The van der Waals surface area contributed by atoms with Crippen LogP contribution in [0.1, 0.15) is 20.7 Å². The largest absolute Gasteiger partial charge is 0.455 e. The van der Waals surface area contributed by atoms with Crippen LogP contribution in [0.25, 0.3) is 54.9 Å². The summed E-state index contributed by atoms with van der Waals surface area (Å²) in [5, 5.41) is 3.88. The van der Waals surface area contributed by atoms with Gasteiger partial charge in [0.05, 0.1) is 11.1 Å². The molecule has 7 heteroatoms. The summed E-state index contributed by atoms with van der Waals surface area (Å²) in [5.41, 5.74) is 11.7. The molecule has 4 aromatic carbocycles. The van der Waals surface area contributed by atoms with Gasteiger partial charge in [-0.1, -0.05) is 48.5 Å². The minimum atomic E-state index is -0.510. The fourth-order valence-corrected chi connectivity index (χ4v) is 5.73. The van der Waals surface area contributed by atoms with Crippen molar-refractivity contribution >= 4 is 55.6 Å². The molecule has 2 aromatic heterocycles. The van der Waals surface area contributed by atoms with Gasteiger partial charge in [0.25, 0.3) is 11.8 Å². The number of fused-ring (bicyclic) bond motifs is 6. The van der Waals surface area contributed by atoms with Crippen molar-refractivity contribution in [3.05, 3.63) is 83.9 Å². The van der Waals surface area contributed by atoms with Crippen LogP contribution in [0.4, 0.5) is 0 Å². The van der Waals surface area contributed by atoms with Crippen molar-refractivity contribution in [3.63, 3.8) is 0 Å². The van der Waals surface area contributed by atoms with Gasteiger partial charge in [-0.25, -0.2) is 0 Å². The molecule has 188 valence electrons. The molecular formula is C31H26N4O3. The molecule has 0 saturated carbocycles. The third-order valence-electron chi connectivity index (χ3n) is 7.75. The molecule has 2 amide bonds. The standard InChI is InChI=1S/C31H26N4O3/c1-34-13-15-35(16-14-34)31(37)18-9-10-23-25(17-18)33-28-24(30(32)36)12-11-20(27(23)28)22-7-4-6-21-19-5-2-3-8-26(19)38-29(21)22/h2-12,17,33H,13-16H2,1H3,(H2,32,36). The number of hydrogen-bond acceptors (Lipinski definition) is 4. The van der Waals surface area contributed by atoms with E-state index < -0.39 is 5.91 Å². The Morgan fingerprint density at radius 1 is 0.842 bits per heavy atom. The van der Waals surface area contributed by atoms with Gasteiger partial charge in [0, 0.05) is 64.4 Å². The summed E-state index contributed by atoms with van der Waals surface area (Å²) in [6, 6.07) is 23.5. The highest BCUT2D eigenvalue weighted by atomic mass is 16.3. The number of carbonyl (C=O) groups is 2. The minimum absolute atomic E-state index is 0.0149. The van der Waals surface area contributed by atoms with Gasteiger partial charge in [0.1, 0.15) is 11.2 Å². The molecular weight excluding hydrogens is 476 g/mol. The zero-order chi connectivity index (χ0) is 26.0. The van der Waals surface area contributed by atoms with Crippen molar-refractivity contribution in [2.45, 2.75) is 0 Å². The number of carbonyl (C=O) groups excluding carboxylic acids is 2. The highest BCUT2D eigenvalue weighted by Gasteiger charge is 2.23. The highest BCUT2D eigenvalue weighted by Crippen LogP contribution is 2.41. The van der Waals surface area contributed by atoms with Crippen LogP contribution in [0, 0.1) is 0 Å². The van der Waals surface area contributed by atoms with Crippen molar-refractivity contribution in [3.8, 4) is 11.1 Å². The number of nitrogens with zero attached hydrogens (tertiary/aromatic N) is 2. The van der Waals surface area contributed by atoms with Gasteiger partial charge < -0.3 is 24.9 Å². The van der Waals surface area contributed by atoms with Gasteiger partial charge >= 0.3 is 0 Å². The second-order valence-corrected chi connectivity index (χ2v) is 10.0. The summed E-state index contributed by atoms with van der Waals surface area (Å²) in [4.78, 5) is 33.2. The molecule has 0 spiro atoms. The van der Waals surface area contributed by atoms with Crippen LogP contribution in [0.2, 0.25) is 0 Å².